The molecule has 0 aliphatic heterocycles. The third-order valence-electron chi connectivity index (χ3n) is 3.11. The van der Waals surface area contributed by atoms with Crippen LogP contribution in [0.5, 0.6) is 0 Å². The van der Waals surface area contributed by atoms with Crippen LogP contribution in [-0.4, -0.2) is 15.7 Å². The van der Waals surface area contributed by atoms with Gasteiger partial charge < -0.3 is 4.57 Å². The van der Waals surface area contributed by atoms with Crippen LogP contribution >= 0.6 is 0 Å². The number of rotatable bonds is 6. The number of para-hydroxylation sites is 1. The number of benzene rings is 1. The van der Waals surface area contributed by atoms with Crippen LogP contribution in [0.15, 0.2) is 36.5 Å². The average Bonchev–Trinajstić information content (AvgIpc) is 2.81. The molecule has 0 spiro atoms. The van der Waals surface area contributed by atoms with Crippen molar-refractivity contribution in [3.8, 4) is 0 Å². The van der Waals surface area contributed by atoms with E-state index in [9.17, 15) is 4.79 Å². The second-order valence-corrected chi connectivity index (χ2v) is 4.41. The molecule has 2 aromatic rings. The summed E-state index contributed by atoms with van der Waals surface area (Å²) in [5, 5.41) is 9.62. The molecule has 2 rings (SSSR count). The zero-order valence-corrected chi connectivity index (χ0v) is 10.3. The van der Waals surface area contributed by atoms with Gasteiger partial charge in [0.2, 0.25) is 5.91 Å². The van der Waals surface area contributed by atoms with Crippen molar-refractivity contribution in [2.45, 2.75) is 32.2 Å². The van der Waals surface area contributed by atoms with Gasteiger partial charge in [-0.25, -0.2) is 5.48 Å². The van der Waals surface area contributed by atoms with E-state index in [0.717, 1.165) is 25.8 Å². The third-order valence-corrected chi connectivity index (χ3v) is 3.11. The standard InChI is InChI=1S/C14H18N2O2/c17-14(15-18)8-2-1-5-10-16-11-9-12-6-3-4-7-13(12)16/h3-4,6-7,9,11,18H,1-2,5,8,10H2,(H,15,17). The topological polar surface area (TPSA) is 54.3 Å². The first-order valence-electron chi connectivity index (χ1n) is 6.28. The Kier molecular flexibility index (Phi) is 4.36. The summed E-state index contributed by atoms with van der Waals surface area (Å²) in [5.41, 5.74) is 2.90. The van der Waals surface area contributed by atoms with Crippen molar-refractivity contribution in [1.82, 2.24) is 10.0 Å². The Bertz CT molecular complexity index is 519. The number of hydrogen-bond acceptors (Lipinski definition) is 2. The lowest BCUT2D eigenvalue weighted by Crippen LogP contribution is -2.17. The monoisotopic (exact) mass is 246 g/mol. The van der Waals surface area contributed by atoms with Crippen molar-refractivity contribution in [3.05, 3.63) is 36.5 Å². The molecule has 18 heavy (non-hydrogen) atoms. The summed E-state index contributed by atoms with van der Waals surface area (Å²) in [6, 6.07) is 10.4. The SMILES string of the molecule is O=C(CCCCCn1ccc2ccccc21)NO. The molecule has 0 saturated carbocycles. The highest BCUT2D eigenvalue weighted by molar-refractivity contribution is 5.79. The lowest BCUT2D eigenvalue weighted by molar-refractivity contribution is -0.129. The number of hydroxylamine groups is 1. The molecule has 0 unspecified atom stereocenters. The predicted octanol–water partition coefficient (Wildman–Crippen LogP) is 2.71. The Morgan fingerprint density at radius 3 is 2.83 bits per heavy atom. The highest BCUT2D eigenvalue weighted by Crippen LogP contribution is 2.16. The van der Waals surface area contributed by atoms with Gasteiger partial charge in [-0.05, 0) is 30.4 Å². The fourth-order valence-corrected chi connectivity index (χ4v) is 2.14. The maximum Gasteiger partial charge on any atom is 0.243 e. The summed E-state index contributed by atoms with van der Waals surface area (Å²) < 4.78 is 2.24. The van der Waals surface area contributed by atoms with E-state index in [0.29, 0.717) is 6.42 Å². The minimum absolute atomic E-state index is 0.304. The number of unbranched alkanes of at least 4 members (excludes halogenated alkanes) is 2. The highest BCUT2D eigenvalue weighted by Gasteiger charge is 2.01. The number of amides is 1. The van der Waals surface area contributed by atoms with Crippen molar-refractivity contribution in [3.63, 3.8) is 0 Å². The fourth-order valence-electron chi connectivity index (χ4n) is 2.14. The molecule has 4 nitrogen and oxygen atoms in total. The van der Waals surface area contributed by atoms with Crippen molar-refractivity contribution in [2.75, 3.05) is 0 Å². The number of nitrogens with one attached hydrogen (secondary N) is 1. The Morgan fingerprint density at radius 1 is 1.17 bits per heavy atom. The molecule has 1 heterocycles. The third kappa shape index (κ3) is 3.11. The molecule has 0 aliphatic rings. The van der Waals surface area contributed by atoms with Crippen LogP contribution in [0.2, 0.25) is 0 Å². The van der Waals surface area contributed by atoms with Crippen LogP contribution in [-0.2, 0) is 11.3 Å². The molecule has 0 radical (unpaired) electrons. The van der Waals surface area contributed by atoms with Gasteiger partial charge in [0.15, 0.2) is 0 Å². The maximum absolute atomic E-state index is 10.8. The van der Waals surface area contributed by atoms with E-state index in [1.54, 1.807) is 5.48 Å². The molecule has 0 bridgehead atoms. The summed E-state index contributed by atoms with van der Waals surface area (Å²) in [6.45, 7) is 0.967. The molecule has 2 N–H and O–H groups in total. The first-order valence-corrected chi connectivity index (χ1v) is 6.28. The lowest BCUT2D eigenvalue weighted by Gasteiger charge is -2.05. The molecule has 96 valence electrons. The number of aryl methyl sites for hydroxylation is 1. The van der Waals surface area contributed by atoms with E-state index in [1.807, 2.05) is 12.1 Å². The summed E-state index contributed by atoms with van der Waals surface area (Å²) >= 11 is 0. The highest BCUT2D eigenvalue weighted by atomic mass is 16.5. The minimum atomic E-state index is -0.304. The number of nitrogens with zero attached hydrogens (tertiary/aromatic N) is 1. The van der Waals surface area contributed by atoms with Crippen molar-refractivity contribution < 1.29 is 10.0 Å². The number of carbonyl (C=O) groups is 1. The van der Waals surface area contributed by atoms with Crippen LogP contribution in [0.4, 0.5) is 0 Å². The Morgan fingerprint density at radius 2 is 2.00 bits per heavy atom. The van der Waals surface area contributed by atoms with E-state index in [-0.39, 0.29) is 5.91 Å². The normalized spacial score (nSPS) is 10.7. The van der Waals surface area contributed by atoms with Crippen LogP contribution < -0.4 is 5.48 Å². The molecule has 0 saturated heterocycles. The fraction of sp³-hybridized carbons (Fsp3) is 0.357. The average molecular weight is 246 g/mol. The van der Waals surface area contributed by atoms with Crippen molar-refractivity contribution in [2.24, 2.45) is 0 Å². The summed E-state index contributed by atoms with van der Waals surface area (Å²) in [4.78, 5) is 10.8. The summed E-state index contributed by atoms with van der Waals surface area (Å²) in [6.07, 6.45) is 5.33. The van der Waals surface area contributed by atoms with Gasteiger partial charge in [-0.1, -0.05) is 24.6 Å². The molecule has 4 heteroatoms. The molecule has 0 fully saturated rings. The number of hydrogen-bond donors (Lipinski definition) is 2. The number of aromatic nitrogens is 1. The van der Waals surface area contributed by atoms with Crippen LogP contribution in [0.3, 0.4) is 0 Å². The predicted molar refractivity (Wildman–Crippen MR) is 70.3 cm³/mol. The Labute approximate surface area is 106 Å². The number of carbonyl (C=O) groups excluding carboxylic acids is 1. The van der Waals surface area contributed by atoms with Crippen molar-refractivity contribution in [1.29, 1.82) is 0 Å². The smallest absolute Gasteiger partial charge is 0.243 e. The molecular formula is C14H18N2O2. The Hall–Kier alpha value is -1.81. The van der Waals surface area contributed by atoms with Gasteiger partial charge in [0.1, 0.15) is 0 Å². The van der Waals surface area contributed by atoms with Crippen LogP contribution in [0.1, 0.15) is 25.7 Å². The number of fused-ring (bicyclic) bond motifs is 1. The minimum Gasteiger partial charge on any atom is -0.347 e. The zero-order valence-electron chi connectivity index (χ0n) is 10.3. The van der Waals surface area contributed by atoms with E-state index in [1.165, 1.54) is 10.9 Å². The largest absolute Gasteiger partial charge is 0.347 e. The van der Waals surface area contributed by atoms with E-state index < -0.39 is 0 Å². The van der Waals surface area contributed by atoms with Crippen LogP contribution in [0.25, 0.3) is 10.9 Å². The van der Waals surface area contributed by atoms with Gasteiger partial charge in [0.05, 0.1) is 0 Å². The second kappa shape index (κ2) is 6.21. The Balaban J connectivity index is 1.78. The van der Waals surface area contributed by atoms with Gasteiger partial charge in [-0.3, -0.25) is 10.0 Å². The second-order valence-electron chi connectivity index (χ2n) is 4.41. The zero-order chi connectivity index (χ0) is 12.8. The van der Waals surface area contributed by atoms with Gasteiger partial charge in [-0.2, -0.15) is 0 Å². The van der Waals surface area contributed by atoms with E-state index >= 15 is 0 Å². The summed E-state index contributed by atoms with van der Waals surface area (Å²) in [7, 11) is 0. The van der Waals surface area contributed by atoms with Crippen LogP contribution in [0, 0.1) is 0 Å². The van der Waals surface area contributed by atoms with Gasteiger partial charge in [0.25, 0.3) is 0 Å². The first kappa shape index (κ1) is 12.6. The molecule has 1 amide bonds. The summed E-state index contributed by atoms with van der Waals surface area (Å²) in [5.74, 6) is -0.304. The van der Waals surface area contributed by atoms with E-state index in [2.05, 4.69) is 29.0 Å². The van der Waals surface area contributed by atoms with Gasteiger partial charge in [-0.15, -0.1) is 0 Å². The maximum atomic E-state index is 10.8. The van der Waals surface area contributed by atoms with Gasteiger partial charge in [0, 0.05) is 24.7 Å². The van der Waals surface area contributed by atoms with Gasteiger partial charge >= 0.3 is 0 Å². The first-order chi connectivity index (χ1) is 8.81. The molecule has 0 aliphatic carbocycles. The van der Waals surface area contributed by atoms with E-state index in [4.69, 9.17) is 5.21 Å². The van der Waals surface area contributed by atoms with Crippen molar-refractivity contribution >= 4 is 16.8 Å². The molecule has 1 aromatic heterocycles. The molecule has 0 atom stereocenters. The quantitative estimate of drug-likeness (QED) is 0.468. The lowest BCUT2D eigenvalue weighted by atomic mass is 10.2. The molecular weight excluding hydrogens is 228 g/mol. The molecule has 1 aromatic carbocycles.